The summed E-state index contributed by atoms with van der Waals surface area (Å²) in [5.74, 6) is 0.668. The van der Waals surface area contributed by atoms with Gasteiger partial charge in [0.1, 0.15) is 0 Å². The molecule has 0 amide bonds. The molecular weight excluding hydrogens is 178 g/mol. The van der Waals surface area contributed by atoms with Gasteiger partial charge in [0.25, 0.3) is 0 Å². The first-order valence-electron chi connectivity index (χ1n) is 5.54. The van der Waals surface area contributed by atoms with Gasteiger partial charge in [0.2, 0.25) is 0 Å². The van der Waals surface area contributed by atoms with Crippen LogP contribution in [0.5, 0.6) is 0 Å². The molecule has 1 aliphatic rings. The highest BCUT2D eigenvalue weighted by Gasteiger charge is 2.18. The molecule has 14 heavy (non-hydrogen) atoms. The summed E-state index contributed by atoms with van der Waals surface area (Å²) >= 11 is 0. The van der Waals surface area contributed by atoms with Crippen molar-refractivity contribution in [2.75, 3.05) is 19.7 Å². The fraction of sp³-hybridized carbons (Fsp3) is 0.818. The van der Waals surface area contributed by atoms with Crippen LogP contribution in [0.25, 0.3) is 0 Å². The van der Waals surface area contributed by atoms with E-state index in [4.69, 9.17) is 4.74 Å². The Morgan fingerprint density at radius 2 is 2.14 bits per heavy atom. The summed E-state index contributed by atoms with van der Waals surface area (Å²) in [6.07, 6.45) is 3.99. The van der Waals surface area contributed by atoms with E-state index in [0.717, 1.165) is 19.5 Å². The number of piperidine rings is 1. The largest absolute Gasteiger partial charge is 0.468 e. The van der Waals surface area contributed by atoms with Gasteiger partial charge in [0.05, 0.1) is 19.7 Å². The first kappa shape index (κ1) is 11.5. The molecule has 1 rings (SSSR count). The first-order valence-corrected chi connectivity index (χ1v) is 5.54. The third-order valence-electron chi connectivity index (χ3n) is 2.87. The van der Waals surface area contributed by atoms with E-state index >= 15 is 0 Å². The minimum absolute atomic E-state index is 0.0445. The molecule has 1 aliphatic heterocycles. The van der Waals surface area contributed by atoms with Crippen LogP contribution < -0.4 is 4.90 Å². The number of likely N-dealkylation sites (tertiary alicyclic amines) is 1. The number of esters is 1. The summed E-state index contributed by atoms with van der Waals surface area (Å²) < 4.78 is 4.90. The van der Waals surface area contributed by atoms with Crippen LogP contribution >= 0.6 is 0 Å². The Morgan fingerprint density at radius 1 is 1.50 bits per heavy atom. The quantitative estimate of drug-likeness (QED) is 0.525. The van der Waals surface area contributed by atoms with Crippen molar-refractivity contribution >= 4 is 5.97 Å². The van der Waals surface area contributed by atoms with Crippen LogP contribution in [-0.4, -0.2) is 25.7 Å². The highest BCUT2D eigenvalue weighted by atomic mass is 16.5. The minimum atomic E-state index is -0.0445. The maximum Gasteiger partial charge on any atom is 0.305 e. The van der Waals surface area contributed by atoms with Crippen molar-refractivity contribution in [1.82, 2.24) is 0 Å². The van der Waals surface area contributed by atoms with Crippen molar-refractivity contribution in [3.8, 4) is 0 Å². The Hall–Kier alpha value is -0.570. The van der Waals surface area contributed by atoms with Crippen molar-refractivity contribution in [3.63, 3.8) is 0 Å². The Bertz CT molecular complexity index is 174. The highest BCUT2D eigenvalue weighted by Crippen LogP contribution is 2.16. The summed E-state index contributed by atoms with van der Waals surface area (Å²) in [6.45, 7) is 4.64. The van der Waals surface area contributed by atoms with E-state index in [-0.39, 0.29) is 5.97 Å². The van der Waals surface area contributed by atoms with Gasteiger partial charge in [-0.2, -0.15) is 7.05 Å². The minimum Gasteiger partial charge on any atom is -0.468 e. The number of carbonyl (C=O) groups is 1. The maximum absolute atomic E-state index is 11.1. The molecular formula is C11H21NO2. The fourth-order valence-corrected chi connectivity index (χ4v) is 1.93. The molecule has 0 spiro atoms. The van der Waals surface area contributed by atoms with Gasteiger partial charge >= 0.3 is 5.97 Å². The van der Waals surface area contributed by atoms with Gasteiger partial charge < -0.3 is 9.64 Å². The molecule has 0 aliphatic carbocycles. The van der Waals surface area contributed by atoms with Gasteiger partial charge in [-0.3, -0.25) is 4.79 Å². The molecule has 1 fully saturated rings. The number of hydrogen-bond acceptors (Lipinski definition) is 2. The molecule has 3 heteroatoms. The standard InChI is InChI=1S/C11H21NO2/c1-3-14-11(13)5-4-10-6-8-12(2)9-7-10/h10,12H,2-9H2,1H3. The van der Waals surface area contributed by atoms with Crippen molar-refractivity contribution in [2.45, 2.75) is 32.6 Å². The number of carbonyl (C=O) groups excluding carboxylic acids is 1. The van der Waals surface area contributed by atoms with Gasteiger partial charge in [0.15, 0.2) is 0 Å². The topological polar surface area (TPSA) is 30.7 Å². The Morgan fingerprint density at radius 3 is 2.71 bits per heavy atom. The Labute approximate surface area is 86.4 Å². The van der Waals surface area contributed by atoms with Gasteiger partial charge in [0, 0.05) is 6.42 Å². The molecule has 82 valence electrons. The number of rotatable bonds is 4. The lowest BCUT2D eigenvalue weighted by molar-refractivity contribution is -0.860. The molecule has 0 aromatic carbocycles. The second kappa shape index (κ2) is 6.02. The molecule has 3 nitrogen and oxygen atoms in total. The second-order valence-electron chi connectivity index (χ2n) is 4.04. The van der Waals surface area contributed by atoms with Gasteiger partial charge in [-0.15, -0.1) is 0 Å². The van der Waals surface area contributed by atoms with Crippen LogP contribution in [0.3, 0.4) is 0 Å². The maximum atomic E-state index is 11.1. The van der Waals surface area contributed by atoms with Crippen LogP contribution in [0.1, 0.15) is 32.6 Å². The van der Waals surface area contributed by atoms with Gasteiger partial charge in [-0.1, -0.05) is 0 Å². The van der Waals surface area contributed by atoms with Crippen LogP contribution in [0.4, 0.5) is 0 Å². The summed E-state index contributed by atoms with van der Waals surface area (Å²) in [7, 11) is 3.98. The van der Waals surface area contributed by atoms with Gasteiger partial charge in [-0.05, 0) is 32.1 Å². The summed E-state index contributed by atoms with van der Waals surface area (Å²) in [6, 6.07) is 0. The molecule has 0 radical (unpaired) electrons. The SMILES string of the molecule is [CH2-][NH+]1CCC(CCC(=O)OCC)CC1. The van der Waals surface area contributed by atoms with Gasteiger partial charge in [-0.25, -0.2) is 0 Å². The summed E-state index contributed by atoms with van der Waals surface area (Å²) in [4.78, 5) is 12.5. The van der Waals surface area contributed by atoms with Crippen molar-refractivity contribution in [2.24, 2.45) is 5.92 Å². The smallest absolute Gasteiger partial charge is 0.305 e. The Kier molecular flexibility index (Phi) is 4.94. The molecule has 1 saturated heterocycles. The fourth-order valence-electron chi connectivity index (χ4n) is 1.93. The van der Waals surface area contributed by atoms with Crippen molar-refractivity contribution in [3.05, 3.63) is 7.05 Å². The van der Waals surface area contributed by atoms with E-state index in [1.807, 2.05) is 6.92 Å². The van der Waals surface area contributed by atoms with Crippen molar-refractivity contribution in [1.29, 1.82) is 0 Å². The van der Waals surface area contributed by atoms with E-state index in [9.17, 15) is 4.79 Å². The molecule has 0 atom stereocenters. The molecule has 0 unspecified atom stereocenters. The Balaban J connectivity index is 2.09. The molecule has 1 N–H and O–H groups in total. The zero-order valence-corrected chi connectivity index (χ0v) is 9.05. The predicted molar refractivity (Wildman–Crippen MR) is 54.6 cm³/mol. The predicted octanol–water partition coefficient (Wildman–Crippen LogP) is 0.416. The lowest BCUT2D eigenvalue weighted by atomic mass is 9.92. The number of nitrogens with one attached hydrogen (secondary N) is 1. The number of hydrogen-bond donors (Lipinski definition) is 1. The van der Waals surface area contributed by atoms with E-state index < -0.39 is 0 Å². The van der Waals surface area contributed by atoms with E-state index in [0.29, 0.717) is 18.9 Å². The molecule has 0 saturated carbocycles. The van der Waals surface area contributed by atoms with E-state index in [1.54, 1.807) is 0 Å². The molecule has 0 aromatic rings. The van der Waals surface area contributed by atoms with E-state index in [1.165, 1.54) is 17.7 Å². The number of ether oxygens (including phenoxy) is 1. The lowest BCUT2D eigenvalue weighted by Gasteiger charge is -2.30. The second-order valence-corrected chi connectivity index (χ2v) is 4.04. The molecule has 1 heterocycles. The van der Waals surface area contributed by atoms with Crippen LogP contribution in [0.15, 0.2) is 0 Å². The summed E-state index contributed by atoms with van der Waals surface area (Å²) in [5, 5.41) is 0. The van der Waals surface area contributed by atoms with Crippen LogP contribution in [-0.2, 0) is 9.53 Å². The van der Waals surface area contributed by atoms with E-state index in [2.05, 4.69) is 7.05 Å². The summed E-state index contributed by atoms with van der Waals surface area (Å²) in [5.41, 5.74) is 0. The van der Waals surface area contributed by atoms with Crippen LogP contribution in [0, 0.1) is 13.0 Å². The molecule has 0 bridgehead atoms. The van der Waals surface area contributed by atoms with Crippen LogP contribution in [0.2, 0.25) is 0 Å². The average molecular weight is 199 g/mol. The lowest BCUT2D eigenvalue weighted by Crippen LogP contribution is -3.08. The normalized spacial score (nSPS) is 27.3. The van der Waals surface area contributed by atoms with Crippen molar-refractivity contribution < 1.29 is 14.4 Å². The molecule has 0 aromatic heterocycles. The monoisotopic (exact) mass is 199 g/mol. The number of quaternary nitrogens is 1. The third kappa shape index (κ3) is 4.09. The third-order valence-corrected chi connectivity index (χ3v) is 2.87. The first-order chi connectivity index (χ1) is 6.72. The average Bonchev–Trinajstić information content (AvgIpc) is 2.17. The zero-order valence-electron chi connectivity index (χ0n) is 9.05. The zero-order chi connectivity index (χ0) is 10.4. The highest BCUT2D eigenvalue weighted by molar-refractivity contribution is 5.69.